The summed E-state index contributed by atoms with van der Waals surface area (Å²) in [6.45, 7) is 0.541. The molecule has 0 spiro atoms. The first kappa shape index (κ1) is 10.7. The van der Waals surface area contributed by atoms with E-state index in [1.54, 1.807) is 6.07 Å². The third-order valence-corrected chi connectivity index (χ3v) is 2.81. The van der Waals surface area contributed by atoms with Crippen molar-refractivity contribution in [2.75, 3.05) is 11.9 Å². The van der Waals surface area contributed by atoms with Gasteiger partial charge in [-0.3, -0.25) is 0 Å². The average Bonchev–Trinajstić information content (AvgIpc) is 2.11. The maximum atomic E-state index is 12.5. The molecule has 3 nitrogen and oxygen atoms in total. The molecule has 0 aromatic carbocycles. The van der Waals surface area contributed by atoms with Crippen LogP contribution in [0.2, 0.25) is 0 Å². The number of rotatable bonds is 3. The number of halogens is 3. The molecule has 0 aliphatic heterocycles. The maximum absolute atomic E-state index is 12.5. The van der Waals surface area contributed by atoms with Gasteiger partial charge in [0.1, 0.15) is 16.7 Å². The Labute approximate surface area is 94.4 Å². The summed E-state index contributed by atoms with van der Waals surface area (Å²) in [6, 6.07) is 1.72. The van der Waals surface area contributed by atoms with Crippen LogP contribution >= 0.6 is 15.9 Å². The van der Waals surface area contributed by atoms with E-state index in [-0.39, 0.29) is 18.8 Å². The highest BCUT2D eigenvalue weighted by atomic mass is 79.9. The standard InChI is InChI=1S/C9H10BrF2N3/c10-7-1-8(15-5-14-7)13-4-6-2-9(11,12)3-6/h1,5-6H,2-4H2,(H,13,14,15). The first-order chi connectivity index (χ1) is 7.05. The largest absolute Gasteiger partial charge is 0.370 e. The Morgan fingerprint density at radius 2 is 2.20 bits per heavy atom. The second kappa shape index (κ2) is 4.00. The van der Waals surface area contributed by atoms with E-state index in [1.807, 2.05) is 0 Å². The molecule has 15 heavy (non-hydrogen) atoms. The number of aromatic nitrogens is 2. The van der Waals surface area contributed by atoms with Gasteiger partial charge in [0.25, 0.3) is 0 Å². The molecule has 82 valence electrons. The molecule has 0 atom stereocenters. The second-order valence-electron chi connectivity index (χ2n) is 3.74. The molecule has 1 N–H and O–H groups in total. The van der Waals surface area contributed by atoms with Gasteiger partial charge in [0.2, 0.25) is 5.92 Å². The molecular formula is C9H10BrF2N3. The van der Waals surface area contributed by atoms with Crippen LogP contribution in [0.1, 0.15) is 12.8 Å². The fourth-order valence-corrected chi connectivity index (χ4v) is 1.92. The van der Waals surface area contributed by atoms with Crippen molar-refractivity contribution in [3.63, 3.8) is 0 Å². The van der Waals surface area contributed by atoms with Gasteiger partial charge < -0.3 is 5.32 Å². The van der Waals surface area contributed by atoms with Gasteiger partial charge in [-0.15, -0.1) is 0 Å². The zero-order chi connectivity index (χ0) is 10.9. The Hall–Kier alpha value is -0.780. The molecule has 1 aromatic rings. The molecule has 0 amide bonds. The lowest BCUT2D eigenvalue weighted by molar-refractivity contribution is -0.106. The van der Waals surface area contributed by atoms with E-state index in [0.29, 0.717) is 17.0 Å². The first-order valence-electron chi connectivity index (χ1n) is 4.64. The molecular weight excluding hydrogens is 268 g/mol. The zero-order valence-corrected chi connectivity index (χ0v) is 9.47. The Kier molecular flexibility index (Phi) is 2.86. The van der Waals surface area contributed by atoms with E-state index >= 15 is 0 Å². The molecule has 1 aliphatic rings. The third-order valence-electron chi connectivity index (χ3n) is 2.38. The molecule has 1 aliphatic carbocycles. The average molecular weight is 278 g/mol. The van der Waals surface area contributed by atoms with Crippen molar-refractivity contribution in [2.24, 2.45) is 5.92 Å². The van der Waals surface area contributed by atoms with Gasteiger partial charge in [-0.05, 0) is 21.8 Å². The molecule has 1 aromatic heterocycles. The SMILES string of the molecule is FC1(F)CC(CNc2cc(Br)ncn2)C1. The number of hydrogen-bond acceptors (Lipinski definition) is 3. The van der Waals surface area contributed by atoms with Crippen molar-refractivity contribution in [3.8, 4) is 0 Å². The number of anilines is 1. The number of alkyl halides is 2. The molecule has 1 heterocycles. The minimum absolute atomic E-state index is 0.0216. The Balaban J connectivity index is 1.80. The lowest BCUT2D eigenvalue weighted by Gasteiger charge is -2.34. The molecule has 2 rings (SSSR count). The van der Waals surface area contributed by atoms with E-state index in [2.05, 4.69) is 31.2 Å². The fourth-order valence-electron chi connectivity index (χ4n) is 1.61. The van der Waals surface area contributed by atoms with Gasteiger partial charge in [-0.2, -0.15) is 0 Å². The van der Waals surface area contributed by atoms with Crippen LogP contribution in [-0.2, 0) is 0 Å². The number of nitrogens with zero attached hydrogens (tertiary/aromatic N) is 2. The van der Waals surface area contributed by atoms with Crippen molar-refractivity contribution in [2.45, 2.75) is 18.8 Å². The minimum Gasteiger partial charge on any atom is -0.370 e. The number of hydrogen-bond donors (Lipinski definition) is 1. The lowest BCUT2D eigenvalue weighted by Crippen LogP contribution is -2.39. The smallest absolute Gasteiger partial charge is 0.248 e. The maximum Gasteiger partial charge on any atom is 0.248 e. The fraction of sp³-hybridized carbons (Fsp3) is 0.556. The Morgan fingerprint density at radius 1 is 1.47 bits per heavy atom. The summed E-state index contributed by atoms with van der Waals surface area (Å²) in [5, 5.41) is 3.01. The molecule has 1 fully saturated rings. The lowest BCUT2D eigenvalue weighted by atomic mass is 9.81. The predicted octanol–water partition coefficient (Wildman–Crippen LogP) is 2.70. The molecule has 0 radical (unpaired) electrons. The number of nitrogens with one attached hydrogen (secondary N) is 1. The molecule has 0 saturated heterocycles. The van der Waals surface area contributed by atoms with Crippen LogP contribution in [-0.4, -0.2) is 22.4 Å². The van der Waals surface area contributed by atoms with Crippen molar-refractivity contribution < 1.29 is 8.78 Å². The summed E-state index contributed by atoms with van der Waals surface area (Å²) < 4.78 is 25.7. The summed E-state index contributed by atoms with van der Waals surface area (Å²) in [7, 11) is 0. The van der Waals surface area contributed by atoms with Crippen LogP contribution in [0.25, 0.3) is 0 Å². The summed E-state index contributed by atoms with van der Waals surface area (Å²) in [4.78, 5) is 7.84. The van der Waals surface area contributed by atoms with E-state index < -0.39 is 5.92 Å². The monoisotopic (exact) mass is 277 g/mol. The van der Waals surface area contributed by atoms with Crippen molar-refractivity contribution in [1.82, 2.24) is 9.97 Å². The summed E-state index contributed by atoms with van der Waals surface area (Å²) in [6.07, 6.45) is 1.38. The van der Waals surface area contributed by atoms with Crippen LogP contribution in [0.5, 0.6) is 0 Å². The van der Waals surface area contributed by atoms with E-state index in [4.69, 9.17) is 0 Å². The van der Waals surface area contributed by atoms with Gasteiger partial charge in [0.05, 0.1) is 0 Å². The van der Waals surface area contributed by atoms with Crippen LogP contribution in [0.4, 0.5) is 14.6 Å². The second-order valence-corrected chi connectivity index (χ2v) is 4.55. The van der Waals surface area contributed by atoms with Crippen LogP contribution in [0, 0.1) is 5.92 Å². The molecule has 6 heteroatoms. The van der Waals surface area contributed by atoms with Gasteiger partial charge in [-0.1, -0.05) is 0 Å². The first-order valence-corrected chi connectivity index (χ1v) is 5.44. The highest BCUT2D eigenvalue weighted by Gasteiger charge is 2.44. The normalized spacial score (nSPS) is 19.7. The van der Waals surface area contributed by atoms with Gasteiger partial charge >= 0.3 is 0 Å². The predicted molar refractivity (Wildman–Crippen MR) is 55.9 cm³/mol. The molecule has 0 bridgehead atoms. The van der Waals surface area contributed by atoms with Crippen LogP contribution in [0.3, 0.4) is 0 Å². The van der Waals surface area contributed by atoms with Crippen molar-refractivity contribution in [1.29, 1.82) is 0 Å². The van der Waals surface area contributed by atoms with Crippen molar-refractivity contribution in [3.05, 3.63) is 17.0 Å². The Bertz CT molecular complexity index is 351. The quantitative estimate of drug-likeness (QED) is 0.864. The van der Waals surface area contributed by atoms with Crippen molar-refractivity contribution >= 4 is 21.7 Å². The van der Waals surface area contributed by atoms with Gasteiger partial charge in [0.15, 0.2) is 0 Å². The van der Waals surface area contributed by atoms with E-state index in [9.17, 15) is 8.78 Å². The van der Waals surface area contributed by atoms with Crippen LogP contribution in [0.15, 0.2) is 17.0 Å². The van der Waals surface area contributed by atoms with E-state index in [0.717, 1.165) is 0 Å². The highest BCUT2D eigenvalue weighted by Crippen LogP contribution is 2.42. The highest BCUT2D eigenvalue weighted by molar-refractivity contribution is 9.10. The Morgan fingerprint density at radius 3 is 2.80 bits per heavy atom. The van der Waals surface area contributed by atoms with Gasteiger partial charge in [0, 0.05) is 25.5 Å². The van der Waals surface area contributed by atoms with E-state index in [1.165, 1.54) is 6.33 Å². The summed E-state index contributed by atoms with van der Waals surface area (Å²) in [5.74, 6) is -1.74. The summed E-state index contributed by atoms with van der Waals surface area (Å²) in [5.41, 5.74) is 0. The third kappa shape index (κ3) is 2.84. The zero-order valence-electron chi connectivity index (χ0n) is 7.88. The van der Waals surface area contributed by atoms with Crippen LogP contribution < -0.4 is 5.32 Å². The molecule has 1 saturated carbocycles. The topological polar surface area (TPSA) is 37.8 Å². The molecule has 0 unspecified atom stereocenters. The minimum atomic E-state index is -2.45. The summed E-state index contributed by atoms with van der Waals surface area (Å²) >= 11 is 3.21. The van der Waals surface area contributed by atoms with Gasteiger partial charge in [-0.25, -0.2) is 18.7 Å².